The van der Waals surface area contributed by atoms with Crippen LogP contribution in [0.1, 0.15) is 36.8 Å². The third-order valence-corrected chi connectivity index (χ3v) is 5.56. The van der Waals surface area contributed by atoms with E-state index in [1.54, 1.807) is 7.11 Å². The molecule has 0 radical (unpaired) electrons. The van der Waals surface area contributed by atoms with Gasteiger partial charge in [0.05, 0.1) is 7.11 Å². The van der Waals surface area contributed by atoms with Crippen LogP contribution >= 0.6 is 11.8 Å². The Bertz CT molecular complexity index is 413. The maximum absolute atomic E-state index is 5.43. The fourth-order valence-corrected chi connectivity index (χ4v) is 3.89. The molecule has 0 amide bonds. The first-order chi connectivity index (χ1) is 9.19. The van der Waals surface area contributed by atoms with Gasteiger partial charge < -0.3 is 10.1 Å². The first-order valence-electron chi connectivity index (χ1n) is 7.08. The van der Waals surface area contributed by atoms with Crippen molar-refractivity contribution in [2.24, 2.45) is 0 Å². The average Bonchev–Trinajstić information content (AvgIpc) is 2.88. The van der Waals surface area contributed by atoms with Crippen molar-refractivity contribution in [3.63, 3.8) is 0 Å². The third kappa shape index (κ3) is 3.67. The highest BCUT2D eigenvalue weighted by atomic mass is 32.2. The van der Waals surface area contributed by atoms with E-state index in [0.29, 0.717) is 4.75 Å². The molecular weight excluding hydrogens is 254 g/mol. The summed E-state index contributed by atoms with van der Waals surface area (Å²) in [4.78, 5) is 0. The lowest BCUT2D eigenvalue weighted by Gasteiger charge is -2.27. The van der Waals surface area contributed by atoms with Crippen LogP contribution in [0.25, 0.3) is 0 Å². The highest BCUT2D eigenvalue weighted by Gasteiger charge is 2.32. The Balaban J connectivity index is 1.93. The van der Waals surface area contributed by atoms with Crippen LogP contribution in [0, 0.1) is 6.92 Å². The van der Waals surface area contributed by atoms with E-state index >= 15 is 0 Å². The van der Waals surface area contributed by atoms with Crippen molar-refractivity contribution in [1.29, 1.82) is 0 Å². The van der Waals surface area contributed by atoms with Gasteiger partial charge in [0.25, 0.3) is 0 Å². The van der Waals surface area contributed by atoms with Crippen LogP contribution in [-0.2, 0) is 6.54 Å². The van der Waals surface area contributed by atoms with Crippen LogP contribution in [0.5, 0.6) is 5.75 Å². The van der Waals surface area contributed by atoms with Crippen molar-refractivity contribution in [1.82, 2.24) is 5.32 Å². The van der Waals surface area contributed by atoms with Gasteiger partial charge in [-0.25, -0.2) is 0 Å². The molecule has 0 atom stereocenters. The van der Waals surface area contributed by atoms with E-state index in [0.717, 1.165) is 18.8 Å². The van der Waals surface area contributed by atoms with E-state index in [9.17, 15) is 0 Å². The monoisotopic (exact) mass is 279 g/mol. The minimum Gasteiger partial charge on any atom is -0.496 e. The summed E-state index contributed by atoms with van der Waals surface area (Å²) in [6.45, 7) is 4.13. The third-order valence-electron chi connectivity index (χ3n) is 4.15. The topological polar surface area (TPSA) is 21.3 Å². The zero-order valence-corrected chi connectivity index (χ0v) is 13.1. The molecule has 3 heteroatoms. The maximum atomic E-state index is 5.43. The highest BCUT2D eigenvalue weighted by molar-refractivity contribution is 8.00. The molecule has 0 aliphatic heterocycles. The molecule has 1 aromatic carbocycles. The molecule has 0 bridgehead atoms. The molecule has 2 nitrogen and oxygen atoms in total. The van der Waals surface area contributed by atoms with E-state index in [1.165, 1.54) is 36.8 Å². The number of ether oxygens (including phenoxy) is 1. The second-order valence-corrected chi connectivity index (χ2v) is 6.79. The van der Waals surface area contributed by atoms with Crippen LogP contribution in [0.2, 0.25) is 0 Å². The lowest BCUT2D eigenvalue weighted by atomic mass is 10.1. The molecule has 0 aromatic heterocycles. The van der Waals surface area contributed by atoms with Gasteiger partial charge in [-0.1, -0.05) is 30.5 Å². The van der Waals surface area contributed by atoms with Crippen molar-refractivity contribution in [3.8, 4) is 5.75 Å². The molecule has 0 spiro atoms. The minimum atomic E-state index is 0.469. The number of methoxy groups -OCH3 is 1. The number of thioether (sulfide) groups is 1. The van der Waals surface area contributed by atoms with Crippen LogP contribution in [0.4, 0.5) is 0 Å². The van der Waals surface area contributed by atoms with Gasteiger partial charge in [0.2, 0.25) is 0 Å². The summed E-state index contributed by atoms with van der Waals surface area (Å²) in [5.74, 6) is 0.989. The quantitative estimate of drug-likeness (QED) is 0.856. The summed E-state index contributed by atoms with van der Waals surface area (Å²) in [6.07, 6.45) is 7.73. The van der Waals surface area contributed by atoms with E-state index in [4.69, 9.17) is 4.74 Å². The number of benzene rings is 1. The first kappa shape index (κ1) is 14.7. The number of hydrogen-bond acceptors (Lipinski definition) is 3. The Morgan fingerprint density at radius 2 is 2.05 bits per heavy atom. The second-order valence-electron chi connectivity index (χ2n) is 5.51. The number of hydrogen-bond donors (Lipinski definition) is 1. The van der Waals surface area contributed by atoms with Crippen LogP contribution in [0.15, 0.2) is 18.2 Å². The Kier molecular flexibility index (Phi) is 5.17. The van der Waals surface area contributed by atoms with Crippen molar-refractivity contribution < 1.29 is 4.74 Å². The molecule has 1 N–H and O–H groups in total. The van der Waals surface area contributed by atoms with Gasteiger partial charge in [0.1, 0.15) is 5.75 Å². The maximum Gasteiger partial charge on any atom is 0.123 e. The zero-order chi connectivity index (χ0) is 13.7. The molecule has 0 saturated heterocycles. The normalized spacial score (nSPS) is 17.6. The lowest BCUT2D eigenvalue weighted by Crippen LogP contribution is -2.34. The number of rotatable bonds is 6. The van der Waals surface area contributed by atoms with E-state index in [-0.39, 0.29) is 0 Å². The van der Waals surface area contributed by atoms with Gasteiger partial charge in [0, 0.05) is 23.4 Å². The second kappa shape index (κ2) is 6.67. The molecule has 1 saturated carbocycles. The standard InChI is InChI=1S/C16H25NOS/c1-13-6-7-15(18-2)14(10-13)11-17-12-16(19-3)8-4-5-9-16/h6-7,10,17H,4-5,8-9,11-12H2,1-3H3. The average molecular weight is 279 g/mol. The van der Waals surface area contributed by atoms with E-state index < -0.39 is 0 Å². The first-order valence-corrected chi connectivity index (χ1v) is 8.31. The molecule has 19 heavy (non-hydrogen) atoms. The molecule has 1 aliphatic carbocycles. The Hall–Kier alpha value is -0.670. The molecule has 2 rings (SSSR count). The summed E-state index contributed by atoms with van der Waals surface area (Å²) in [5, 5.41) is 3.64. The SMILES string of the molecule is COc1ccc(C)cc1CNCC1(SC)CCCC1. The molecular formula is C16H25NOS. The summed E-state index contributed by atoms with van der Waals surface area (Å²) < 4.78 is 5.90. The molecule has 1 fully saturated rings. The fraction of sp³-hybridized carbons (Fsp3) is 0.625. The Morgan fingerprint density at radius 3 is 2.68 bits per heavy atom. The lowest BCUT2D eigenvalue weighted by molar-refractivity contribution is 0.406. The van der Waals surface area contributed by atoms with Gasteiger partial charge in [-0.15, -0.1) is 0 Å². The summed E-state index contributed by atoms with van der Waals surface area (Å²) in [5.41, 5.74) is 2.55. The summed E-state index contributed by atoms with van der Waals surface area (Å²) >= 11 is 2.03. The van der Waals surface area contributed by atoms with Crippen molar-refractivity contribution in [2.45, 2.75) is 43.9 Å². The van der Waals surface area contributed by atoms with E-state index in [1.807, 2.05) is 11.8 Å². The van der Waals surface area contributed by atoms with Crippen molar-refractivity contribution >= 4 is 11.8 Å². The molecule has 106 valence electrons. The smallest absolute Gasteiger partial charge is 0.123 e. The van der Waals surface area contributed by atoms with Crippen LogP contribution in [0.3, 0.4) is 0 Å². The Morgan fingerprint density at radius 1 is 1.32 bits per heavy atom. The van der Waals surface area contributed by atoms with Crippen LogP contribution in [-0.4, -0.2) is 24.7 Å². The molecule has 1 aromatic rings. The number of aryl methyl sites for hydroxylation is 1. The largest absolute Gasteiger partial charge is 0.496 e. The highest BCUT2D eigenvalue weighted by Crippen LogP contribution is 2.39. The van der Waals surface area contributed by atoms with Gasteiger partial charge in [0.15, 0.2) is 0 Å². The predicted molar refractivity (Wildman–Crippen MR) is 84.2 cm³/mol. The van der Waals surface area contributed by atoms with Gasteiger partial charge in [-0.05, 0) is 32.1 Å². The van der Waals surface area contributed by atoms with Gasteiger partial charge in [-0.3, -0.25) is 0 Å². The molecule has 0 heterocycles. The van der Waals surface area contributed by atoms with Crippen molar-refractivity contribution in [3.05, 3.63) is 29.3 Å². The molecule has 0 unspecified atom stereocenters. The Labute approximate surface area is 121 Å². The fourth-order valence-electron chi connectivity index (χ4n) is 2.94. The minimum absolute atomic E-state index is 0.469. The predicted octanol–water partition coefficient (Wildman–Crippen LogP) is 3.77. The van der Waals surface area contributed by atoms with Crippen molar-refractivity contribution in [2.75, 3.05) is 19.9 Å². The number of nitrogens with one attached hydrogen (secondary N) is 1. The van der Waals surface area contributed by atoms with E-state index in [2.05, 4.69) is 36.7 Å². The summed E-state index contributed by atoms with van der Waals surface area (Å²) in [7, 11) is 1.74. The molecule has 1 aliphatic rings. The van der Waals surface area contributed by atoms with Gasteiger partial charge in [-0.2, -0.15) is 11.8 Å². The zero-order valence-electron chi connectivity index (χ0n) is 12.3. The van der Waals surface area contributed by atoms with Crippen LogP contribution < -0.4 is 10.1 Å². The van der Waals surface area contributed by atoms with Gasteiger partial charge >= 0.3 is 0 Å². The summed E-state index contributed by atoms with van der Waals surface area (Å²) in [6, 6.07) is 6.38.